The van der Waals surface area contributed by atoms with Crippen LogP contribution in [0.1, 0.15) is 17.2 Å². The molecule has 3 rings (SSSR count). The lowest BCUT2D eigenvalue weighted by Crippen LogP contribution is -2.49. The highest BCUT2D eigenvalue weighted by Crippen LogP contribution is 2.21. The van der Waals surface area contributed by atoms with Gasteiger partial charge in [0.05, 0.1) is 19.3 Å². The maximum atomic E-state index is 13.5. The summed E-state index contributed by atoms with van der Waals surface area (Å²) in [5.41, 5.74) is 2.41. The van der Waals surface area contributed by atoms with E-state index in [1.165, 1.54) is 17.7 Å². The third kappa shape index (κ3) is 7.29. The second-order valence-corrected chi connectivity index (χ2v) is 8.36. The topological polar surface area (TPSA) is 52.1 Å². The number of guanidine groups is 1. The number of nitrogens with zero attached hydrogens (tertiary/aromatic N) is 3. The second-order valence-electron chi connectivity index (χ2n) is 8.36. The molecule has 32 heavy (non-hydrogen) atoms. The Morgan fingerprint density at radius 2 is 1.69 bits per heavy atom. The van der Waals surface area contributed by atoms with E-state index in [1.54, 1.807) is 7.05 Å². The summed E-state index contributed by atoms with van der Waals surface area (Å²) in [5.74, 6) is 0.554. The molecule has 7 heteroatoms. The number of likely N-dealkylation sites (N-methyl/N-ethyl adjacent to an activating group) is 1. The summed E-state index contributed by atoms with van der Waals surface area (Å²) in [4.78, 5) is 9.05. The van der Waals surface area contributed by atoms with Gasteiger partial charge in [0.1, 0.15) is 5.82 Å². The van der Waals surface area contributed by atoms with Gasteiger partial charge in [0.2, 0.25) is 0 Å². The number of hydrogen-bond donors (Lipinski definition) is 2. The van der Waals surface area contributed by atoms with E-state index >= 15 is 0 Å². The second kappa shape index (κ2) is 12.5. The minimum Gasteiger partial charge on any atom is -0.379 e. The van der Waals surface area contributed by atoms with Crippen molar-refractivity contribution >= 4 is 5.96 Å². The number of rotatable bonds is 9. The van der Waals surface area contributed by atoms with Crippen molar-refractivity contribution in [1.82, 2.24) is 20.4 Å². The van der Waals surface area contributed by atoms with Gasteiger partial charge in [-0.2, -0.15) is 0 Å². The summed E-state index contributed by atoms with van der Waals surface area (Å²) in [6, 6.07) is 17.8. The van der Waals surface area contributed by atoms with E-state index in [1.807, 2.05) is 18.2 Å². The summed E-state index contributed by atoms with van der Waals surface area (Å²) >= 11 is 0. The van der Waals surface area contributed by atoms with E-state index in [0.717, 1.165) is 37.6 Å². The highest BCUT2D eigenvalue weighted by Gasteiger charge is 2.23. The third-order valence-electron chi connectivity index (χ3n) is 5.98. The van der Waals surface area contributed by atoms with Crippen LogP contribution in [0.15, 0.2) is 59.6 Å². The molecule has 2 aromatic rings. The number of halogens is 1. The molecule has 0 amide bonds. The first-order valence-electron chi connectivity index (χ1n) is 11.3. The maximum absolute atomic E-state index is 13.5. The van der Waals surface area contributed by atoms with Crippen molar-refractivity contribution in [2.45, 2.75) is 18.5 Å². The van der Waals surface area contributed by atoms with Crippen molar-refractivity contribution in [3.63, 3.8) is 0 Å². The summed E-state index contributed by atoms with van der Waals surface area (Å²) in [6.45, 7) is 4.60. The minimum atomic E-state index is -0.215. The standard InChI is InChI=1S/C25H36FN5O/c1-27-25(28-18-23(30(2)3)17-20-7-5-4-6-8-20)29-19-24(31-13-15-32-16-14-31)21-9-11-22(26)12-10-21/h4-12,23-24H,13-19H2,1-3H3,(H2,27,28,29). The molecule has 0 radical (unpaired) electrons. The highest BCUT2D eigenvalue weighted by atomic mass is 19.1. The Morgan fingerprint density at radius 1 is 1.03 bits per heavy atom. The number of ether oxygens (including phenoxy) is 1. The molecule has 1 heterocycles. The monoisotopic (exact) mass is 441 g/mol. The van der Waals surface area contributed by atoms with Crippen LogP contribution in [0, 0.1) is 5.82 Å². The number of benzene rings is 2. The minimum absolute atomic E-state index is 0.118. The molecule has 1 aliphatic rings. The Bertz CT molecular complexity index is 822. The van der Waals surface area contributed by atoms with Crippen molar-refractivity contribution in [2.24, 2.45) is 4.99 Å². The van der Waals surface area contributed by atoms with E-state index in [4.69, 9.17) is 4.74 Å². The van der Waals surface area contributed by atoms with Crippen molar-refractivity contribution in [3.05, 3.63) is 71.5 Å². The van der Waals surface area contributed by atoms with Gasteiger partial charge in [0.15, 0.2) is 5.96 Å². The molecule has 0 aliphatic carbocycles. The van der Waals surface area contributed by atoms with E-state index in [0.29, 0.717) is 25.8 Å². The Morgan fingerprint density at radius 3 is 2.31 bits per heavy atom. The molecule has 1 fully saturated rings. The first-order valence-corrected chi connectivity index (χ1v) is 11.3. The Hall–Kier alpha value is -2.48. The van der Waals surface area contributed by atoms with E-state index in [2.05, 4.69) is 63.8 Å². The first kappa shape index (κ1) is 24.2. The molecule has 0 aromatic heterocycles. The van der Waals surface area contributed by atoms with Gasteiger partial charge in [0, 0.05) is 39.3 Å². The lowest BCUT2D eigenvalue weighted by molar-refractivity contribution is 0.0170. The van der Waals surface area contributed by atoms with Gasteiger partial charge >= 0.3 is 0 Å². The Balaban J connectivity index is 1.60. The van der Waals surface area contributed by atoms with E-state index in [-0.39, 0.29) is 11.9 Å². The number of aliphatic imine (C=N–C) groups is 1. The molecule has 2 atom stereocenters. The quantitative estimate of drug-likeness (QED) is 0.463. The molecule has 0 saturated carbocycles. The molecule has 0 bridgehead atoms. The largest absolute Gasteiger partial charge is 0.379 e. The van der Waals surface area contributed by atoms with Crippen LogP contribution in [0.5, 0.6) is 0 Å². The first-order chi connectivity index (χ1) is 15.6. The van der Waals surface area contributed by atoms with Crippen LogP contribution in [-0.2, 0) is 11.2 Å². The lowest BCUT2D eigenvalue weighted by atomic mass is 10.0. The van der Waals surface area contributed by atoms with Crippen LogP contribution in [-0.4, -0.2) is 82.3 Å². The zero-order chi connectivity index (χ0) is 22.8. The smallest absolute Gasteiger partial charge is 0.191 e. The molecular weight excluding hydrogens is 405 g/mol. The summed E-state index contributed by atoms with van der Waals surface area (Å²) in [5, 5.41) is 6.97. The van der Waals surface area contributed by atoms with Crippen LogP contribution in [0.3, 0.4) is 0 Å². The van der Waals surface area contributed by atoms with Crippen LogP contribution in [0.4, 0.5) is 4.39 Å². The summed E-state index contributed by atoms with van der Waals surface area (Å²) < 4.78 is 19.0. The number of hydrogen-bond acceptors (Lipinski definition) is 4. The fourth-order valence-electron chi connectivity index (χ4n) is 3.98. The Kier molecular flexibility index (Phi) is 9.46. The summed E-state index contributed by atoms with van der Waals surface area (Å²) in [6.07, 6.45) is 0.962. The molecule has 2 N–H and O–H groups in total. The molecule has 1 saturated heterocycles. The molecule has 1 aliphatic heterocycles. The fraction of sp³-hybridized carbons (Fsp3) is 0.480. The van der Waals surface area contributed by atoms with Crippen LogP contribution in [0.25, 0.3) is 0 Å². The van der Waals surface area contributed by atoms with Crippen molar-refractivity contribution in [3.8, 4) is 0 Å². The van der Waals surface area contributed by atoms with Crippen LogP contribution < -0.4 is 10.6 Å². The molecule has 2 unspecified atom stereocenters. The van der Waals surface area contributed by atoms with Gasteiger partial charge in [-0.05, 0) is 43.8 Å². The zero-order valence-electron chi connectivity index (χ0n) is 19.4. The van der Waals surface area contributed by atoms with Crippen molar-refractivity contribution in [1.29, 1.82) is 0 Å². The highest BCUT2D eigenvalue weighted by molar-refractivity contribution is 5.79. The average Bonchev–Trinajstić information content (AvgIpc) is 2.82. The SMILES string of the molecule is CN=C(NCC(Cc1ccccc1)N(C)C)NCC(c1ccc(F)cc1)N1CCOCC1. The van der Waals surface area contributed by atoms with Gasteiger partial charge in [-0.15, -0.1) is 0 Å². The van der Waals surface area contributed by atoms with Crippen LogP contribution in [0.2, 0.25) is 0 Å². The molecular formula is C25H36FN5O. The third-order valence-corrected chi connectivity index (χ3v) is 5.98. The van der Waals surface area contributed by atoms with Gasteiger partial charge < -0.3 is 20.3 Å². The zero-order valence-corrected chi connectivity index (χ0v) is 19.4. The normalized spacial score (nSPS) is 17.2. The van der Waals surface area contributed by atoms with Crippen LogP contribution >= 0.6 is 0 Å². The van der Waals surface area contributed by atoms with Gasteiger partial charge in [-0.3, -0.25) is 9.89 Å². The predicted molar refractivity (Wildman–Crippen MR) is 129 cm³/mol. The maximum Gasteiger partial charge on any atom is 0.191 e. The van der Waals surface area contributed by atoms with E-state index in [9.17, 15) is 4.39 Å². The molecule has 0 spiro atoms. The molecule has 6 nitrogen and oxygen atoms in total. The predicted octanol–water partition coefficient (Wildman–Crippen LogP) is 2.54. The molecule has 174 valence electrons. The van der Waals surface area contributed by atoms with Gasteiger partial charge in [-0.1, -0.05) is 42.5 Å². The average molecular weight is 442 g/mol. The molecule has 2 aromatic carbocycles. The number of nitrogens with one attached hydrogen (secondary N) is 2. The van der Waals surface area contributed by atoms with Crippen molar-refractivity contribution < 1.29 is 9.13 Å². The Labute approximate surface area is 191 Å². The van der Waals surface area contributed by atoms with Crippen molar-refractivity contribution in [2.75, 3.05) is 60.5 Å². The number of morpholine rings is 1. The van der Waals surface area contributed by atoms with Gasteiger partial charge in [0.25, 0.3) is 0 Å². The van der Waals surface area contributed by atoms with Gasteiger partial charge in [-0.25, -0.2) is 4.39 Å². The van der Waals surface area contributed by atoms with E-state index < -0.39 is 0 Å². The fourth-order valence-corrected chi connectivity index (χ4v) is 3.98. The summed E-state index contributed by atoms with van der Waals surface area (Å²) in [7, 11) is 6.00. The lowest BCUT2D eigenvalue weighted by Gasteiger charge is -2.35.